The molecule has 2 rings (SSSR count). The number of nitrogens with one attached hydrogen (secondary N) is 3. The average Bonchev–Trinajstić information content (AvgIpc) is 2.78. The number of hydrogen-bond donors (Lipinski definition) is 3. The van der Waals surface area contributed by atoms with Crippen molar-refractivity contribution in [2.45, 2.75) is 62.8 Å². The maximum absolute atomic E-state index is 11.6. The Balaban J connectivity index is 1.73. The quantitative estimate of drug-likeness (QED) is 0.484. The van der Waals surface area contributed by atoms with Crippen LogP contribution in [-0.4, -0.2) is 46.3 Å². The van der Waals surface area contributed by atoms with Crippen LogP contribution < -0.4 is 16.0 Å². The number of thioether (sulfide) groups is 1. The van der Waals surface area contributed by atoms with Crippen LogP contribution >= 0.6 is 11.8 Å². The molecule has 0 unspecified atom stereocenters. The summed E-state index contributed by atoms with van der Waals surface area (Å²) in [5.74, 6) is 0.806. The molecule has 0 aromatic carbocycles. The summed E-state index contributed by atoms with van der Waals surface area (Å²) in [6.07, 6.45) is 3.16. The van der Waals surface area contributed by atoms with Crippen LogP contribution in [0.3, 0.4) is 0 Å². The van der Waals surface area contributed by atoms with Crippen LogP contribution in [0.2, 0.25) is 0 Å². The second kappa shape index (κ2) is 6.48. The first kappa shape index (κ1) is 17.1. The predicted molar refractivity (Wildman–Crippen MR) is 86.9 cm³/mol. The van der Waals surface area contributed by atoms with Gasteiger partial charge in [-0.05, 0) is 33.6 Å². The smallest absolute Gasteiger partial charge is 0.315 e. The molecule has 3 amide bonds. The topological polar surface area (TPSA) is 87.3 Å². The molecule has 0 saturated carbocycles. The van der Waals surface area contributed by atoms with Crippen molar-refractivity contribution in [3.8, 4) is 0 Å². The SMILES string of the molecule is CC(=O)CNC(=O)CCCC[C@@H]1SC[C@]2(C)NC(=O)N[C@]12C. The van der Waals surface area contributed by atoms with Gasteiger partial charge < -0.3 is 16.0 Å². The normalized spacial score (nSPS) is 33.0. The first-order valence-electron chi connectivity index (χ1n) is 7.75. The highest BCUT2D eigenvalue weighted by Gasteiger charge is 2.60. The van der Waals surface area contributed by atoms with Gasteiger partial charge in [-0.25, -0.2) is 4.79 Å². The van der Waals surface area contributed by atoms with E-state index in [9.17, 15) is 14.4 Å². The number of hydrogen-bond acceptors (Lipinski definition) is 4. The van der Waals surface area contributed by atoms with E-state index in [1.165, 1.54) is 6.92 Å². The Labute approximate surface area is 135 Å². The average molecular weight is 327 g/mol. The summed E-state index contributed by atoms with van der Waals surface area (Å²) in [4.78, 5) is 34.0. The summed E-state index contributed by atoms with van der Waals surface area (Å²) >= 11 is 1.88. The monoisotopic (exact) mass is 327 g/mol. The third-order valence-electron chi connectivity index (χ3n) is 4.78. The molecule has 2 aliphatic heterocycles. The van der Waals surface area contributed by atoms with Crippen molar-refractivity contribution < 1.29 is 14.4 Å². The highest BCUT2D eigenvalue weighted by molar-refractivity contribution is 8.00. The van der Waals surface area contributed by atoms with E-state index in [1.54, 1.807) is 0 Å². The number of rotatable bonds is 7. The minimum Gasteiger partial charge on any atom is -0.349 e. The Bertz CT molecular complexity index is 485. The van der Waals surface area contributed by atoms with Crippen LogP contribution in [0.25, 0.3) is 0 Å². The zero-order valence-electron chi connectivity index (χ0n) is 13.5. The molecule has 7 heteroatoms. The minimum atomic E-state index is -0.231. The van der Waals surface area contributed by atoms with Crippen LogP contribution in [0.4, 0.5) is 4.79 Å². The van der Waals surface area contributed by atoms with Crippen molar-refractivity contribution >= 4 is 29.5 Å². The molecule has 2 heterocycles. The van der Waals surface area contributed by atoms with Crippen LogP contribution in [0, 0.1) is 0 Å². The molecule has 6 nitrogen and oxygen atoms in total. The molecule has 2 saturated heterocycles. The largest absolute Gasteiger partial charge is 0.349 e. The molecular formula is C15H25N3O3S. The summed E-state index contributed by atoms with van der Waals surface area (Å²) in [6.45, 7) is 5.77. The highest BCUT2D eigenvalue weighted by Crippen LogP contribution is 2.47. The molecule has 2 aliphatic rings. The molecule has 0 radical (unpaired) electrons. The fraction of sp³-hybridized carbons (Fsp3) is 0.800. The van der Waals surface area contributed by atoms with E-state index < -0.39 is 0 Å². The lowest BCUT2D eigenvalue weighted by atomic mass is 9.79. The Kier molecular flexibility index (Phi) is 5.04. The van der Waals surface area contributed by atoms with E-state index in [4.69, 9.17) is 0 Å². The second-order valence-electron chi connectivity index (χ2n) is 6.64. The van der Waals surface area contributed by atoms with E-state index in [2.05, 4.69) is 29.8 Å². The molecule has 0 aromatic heterocycles. The standard InChI is InChI=1S/C15H25N3O3S/c1-10(19)8-16-12(20)7-5-4-6-11-15(3)14(2,9-22-11)17-13(21)18-15/h11H,4-9H2,1-3H3,(H,16,20)(H2,17,18,21)/t11-,14-,15+/m0/s1. The van der Waals surface area contributed by atoms with Crippen molar-refractivity contribution in [1.82, 2.24) is 16.0 Å². The molecular weight excluding hydrogens is 302 g/mol. The van der Waals surface area contributed by atoms with Gasteiger partial charge in [0.25, 0.3) is 0 Å². The van der Waals surface area contributed by atoms with Crippen molar-refractivity contribution in [1.29, 1.82) is 0 Å². The number of urea groups is 1. The lowest BCUT2D eigenvalue weighted by Gasteiger charge is -2.35. The van der Waals surface area contributed by atoms with Crippen LogP contribution in [0.15, 0.2) is 0 Å². The molecule has 0 spiro atoms. The second-order valence-corrected chi connectivity index (χ2v) is 7.83. The van der Waals surface area contributed by atoms with Crippen molar-refractivity contribution in [2.24, 2.45) is 0 Å². The number of ketones is 1. The van der Waals surface area contributed by atoms with Gasteiger partial charge in [0.15, 0.2) is 0 Å². The van der Waals surface area contributed by atoms with Crippen LogP contribution in [-0.2, 0) is 9.59 Å². The molecule has 124 valence electrons. The summed E-state index contributed by atoms with van der Waals surface area (Å²) in [5, 5.41) is 9.07. The number of amides is 3. The van der Waals surface area contributed by atoms with Crippen molar-refractivity contribution in [2.75, 3.05) is 12.3 Å². The molecule has 2 fully saturated rings. The summed E-state index contributed by atoms with van der Waals surface area (Å²) in [7, 11) is 0. The number of carbonyl (C=O) groups excluding carboxylic acids is 3. The Morgan fingerprint density at radius 3 is 2.73 bits per heavy atom. The zero-order chi connectivity index (χ0) is 16.4. The van der Waals surface area contributed by atoms with Gasteiger partial charge in [0.05, 0.1) is 17.6 Å². The van der Waals surface area contributed by atoms with Gasteiger partial charge in [-0.15, -0.1) is 0 Å². The number of fused-ring (bicyclic) bond motifs is 1. The molecule has 0 aliphatic carbocycles. The van der Waals surface area contributed by atoms with Crippen LogP contribution in [0.5, 0.6) is 0 Å². The number of carbonyl (C=O) groups is 3. The van der Waals surface area contributed by atoms with E-state index in [0.29, 0.717) is 11.7 Å². The third-order valence-corrected chi connectivity index (χ3v) is 6.63. The maximum atomic E-state index is 11.6. The Hall–Kier alpha value is -1.24. The molecule has 0 bridgehead atoms. The number of unbranched alkanes of at least 4 members (excludes halogenated alkanes) is 1. The summed E-state index contributed by atoms with van der Waals surface area (Å²) in [6, 6.07) is -0.0843. The lowest BCUT2D eigenvalue weighted by Crippen LogP contribution is -2.58. The van der Waals surface area contributed by atoms with E-state index >= 15 is 0 Å². The van der Waals surface area contributed by atoms with E-state index in [-0.39, 0.29) is 35.3 Å². The molecule has 3 N–H and O–H groups in total. The number of Topliss-reactive ketones (excluding diaryl/α,β-unsaturated/α-hetero) is 1. The third kappa shape index (κ3) is 3.39. The fourth-order valence-electron chi connectivity index (χ4n) is 3.14. The molecule has 0 aromatic rings. The maximum Gasteiger partial charge on any atom is 0.315 e. The lowest BCUT2D eigenvalue weighted by molar-refractivity contribution is -0.124. The highest BCUT2D eigenvalue weighted by atomic mass is 32.2. The van der Waals surface area contributed by atoms with Gasteiger partial charge >= 0.3 is 6.03 Å². The summed E-state index contributed by atoms with van der Waals surface area (Å²) in [5.41, 5.74) is -0.427. The Morgan fingerprint density at radius 2 is 2.05 bits per heavy atom. The van der Waals surface area contributed by atoms with Gasteiger partial charge in [-0.3, -0.25) is 9.59 Å². The van der Waals surface area contributed by atoms with Crippen molar-refractivity contribution in [3.05, 3.63) is 0 Å². The van der Waals surface area contributed by atoms with Gasteiger partial charge in [0, 0.05) is 17.4 Å². The van der Waals surface area contributed by atoms with E-state index in [1.807, 2.05) is 11.8 Å². The molecule has 22 heavy (non-hydrogen) atoms. The van der Waals surface area contributed by atoms with Gasteiger partial charge in [0.1, 0.15) is 5.78 Å². The first-order chi connectivity index (χ1) is 10.3. The van der Waals surface area contributed by atoms with Crippen molar-refractivity contribution in [3.63, 3.8) is 0 Å². The molecule has 3 atom stereocenters. The van der Waals surface area contributed by atoms with Gasteiger partial charge in [-0.2, -0.15) is 11.8 Å². The van der Waals surface area contributed by atoms with E-state index in [0.717, 1.165) is 25.0 Å². The predicted octanol–water partition coefficient (Wildman–Crippen LogP) is 1.20. The van der Waals surface area contributed by atoms with Gasteiger partial charge in [0.2, 0.25) is 5.91 Å². The fourth-order valence-corrected chi connectivity index (χ4v) is 5.03. The summed E-state index contributed by atoms with van der Waals surface area (Å²) < 4.78 is 0. The minimum absolute atomic E-state index is 0.0348. The van der Waals surface area contributed by atoms with Crippen LogP contribution in [0.1, 0.15) is 46.5 Å². The Morgan fingerprint density at radius 1 is 1.32 bits per heavy atom. The van der Waals surface area contributed by atoms with Gasteiger partial charge in [-0.1, -0.05) is 6.42 Å². The first-order valence-corrected chi connectivity index (χ1v) is 8.80. The zero-order valence-corrected chi connectivity index (χ0v) is 14.3.